The van der Waals surface area contributed by atoms with Gasteiger partial charge in [-0.3, -0.25) is 9.11 Å². The maximum absolute atomic E-state index is 11.1. The molecule has 9 rings (SSSR count). The fourth-order valence-corrected chi connectivity index (χ4v) is 8.24. The Hall–Kier alpha value is -5.28. The van der Waals surface area contributed by atoms with E-state index < -0.39 is 20.2 Å². The number of hydrogen-bond acceptors (Lipinski definition) is 10. The molecule has 250 valence electrons. The Morgan fingerprint density at radius 1 is 0.500 bits per heavy atom. The molecule has 0 spiro atoms. The van der Waals surface area contributed by atoms with E-state index >= 15 is 0 Å². The largest absolute Gasteiger partial charge is 0.385 e. The van der Waals surface area contributed by atoms with Crippen LogP contribution in [0.5, 0.6) is 0 Å². The lowest BCUT2D eigenvalue weighted by atomic mass is 10.0. The minimum atomic E-state index is -4.02. The minimum Gasteiger partial charge on any atom is -0.385 e. The molecule has 0 atom stereocenters. The van der Waals surface area contributed by atoms with Crippen LogP contribution >= 0.6 is 0 Å². The second-order valence-electron chi connectivity index (χ2n) is 12.6. The number of rotatable bonds is 10. The Bertz CT molecular complexity index is 2570. The number of anilines is 2. The highest BCUT2D eigenvalue weighted by Crippen LogP contribution is 2.49. The average molecular weight is 705 g/mol. The van der Waals surface area contributed by atoms with Crippen molar-refractivity contribution in [1.29, 1.82) is 0 Å². The van der Waals surface area contributed by atoms with Gasteiger partial charge in [-0.15, -0.1) is 0 Å². The minimum absolute atomic E-state index is 0.274. The summed E-state index contributed by atoms with van der Waals surface area (Å²) in [5, 5.41) is 10.6. The van der Waals surface area contributed by atoms with Crippen LogP contribution in [0.3, 0.4) is 0 Å². The summed E-state index contributed by atoms with van der Waals surface area (Å²) in [6.45, 7) is 0.776. The first-order valence-electron chi connectivity index (χ1n) is 16.1. The number of nitrogens with one attached hydrogen (secondary N) is 2. The maximum atomic E-state index is 11.1. The first-order valence-corrected chi connectivity index (χ1v) is 19.3. The van der Waals surface area contributed by atoms with Gasteiger partial charge in [-0.2, -0.15) is 16.8 Å². The molecule has 0 amide bonds. The van der Waals surface area contributed by atoms with Gasteiger partial charge in [0.25, 0.3) is 20.2 Å². The Labute approximate surface area is 286 Å². The second kappa shape index (κ2) is 11.1. The van der Waals surface area contributed by atoms with Crippen LogP contribution in [0.2, 0.25) is 0 Å². The lowest BCUT2D eigenvalue weighted by molar-refractivity contribution is 0.479. The van der Waals surface area contributed by atoms with Gasteiger partial charge in [0, 0.05) is 68.3 Å². The molecule has 12 nitrogen and oxygen atoms in total. The van der Waals surface area contributed by atoms with Crippen molar-refractivity contribution >= 4 is 75.2 Å². The van der Waals surface area contributed by atoms with Crippen LogP contribution in [0.25, 0.3) is 88.6 Å². The number of fused-ring (bicyclic) bond motifs is 8. The van der Waals surface area contributed by atoms with Crippen LogP contribution < -0.4 is 10.6 Å². The number of nitrogens with zero attached hydrogens (tertiary/aromatic N) is 4. The second-order valence-corrected chi connectivity index (χ2v) is 15.7. The summed E-state index contributed by atoms with van der Waals surface area (Å²) in [7, 11) is -8.03. The van der Waals surface area contributed by atoms with Crippen LogP contribution in [0, 0.1) is 0 Å². The van der Waals surface area contributed by atoms with Gasteiger partial charge in [0.05, 0.1) is 56.3 Å². The van der Waals surface area contributed by atoms with E-state index in [1.807, 2.05) is 72.8 Å². The Morgan fingerprint density at radius 3 is 1.22 bits per heavy atom. The van der Waals surface area contributed by atoms with Crippen molar-refractivity contribution in [3.05, 3.63) is 72.8 Å². The fourth-order valence-electron chi connectivity index (χ4n) is 7.22. The summed E-state index contributed by atoms with van der Waals surface area (Å²) in [5.74, 6) is -0.613. The van der Waals surface area contributed by atoms with Crippen molar-refractivity contribution in [2.45, 2.75) is 12.8 Å². The zero-order valence-electron chi connectivity index (χ0n) is 26.3. The summed E-state index contributed by atoms with van der Waals surface area (Å²) in [6.07, 6.45) is 0.549. The predicted molar refractivity (Wildman–Crippen MR) is 196 cm³/mol. The van der Waals surface area contributed by atoms with Crippen molar-refractivity contribution in [2.24, 2.45) is 0 Å². The number of benzene rings is 5. The highest BCUT2D eigenvalue weighted by Gasteiger charge is 2.28. The highest BCUT2D eigenvalue weighted by atomic mass is 32.2. The van der Waals surface area contributed by atoms with E-state index in [0.29, 0.717) is 35.2 Å². The van der Waals surface area contributed by atoms with Gasteiger partial charge in [0.2, 0.25) is 0 Å². The molecular formula is C36H28N6O6S2. The average Bonchev–Trinajstić information content (AvgIpc) is 3.56. The summed E-state index contributed by atoms with van der Waals surface area (Å²) >= 11 is 0. The molecule has 50 heavy (non-hydrogen) atoms. The van der Waals surface area contributed by atoms with Crippen LogP contribution in [0.1, 0.15) is 12.8 Å². The van der Waals surface area contributed by atoms with E-state index in [-0.39, 0.29) is 24.3 Å². The number of hydrogen-bond donors (Lipinski definition) is 4. The number of aromatic nitrogens is 4. The molecule has 0 saturated carbocycles. The molecule has 0 bridgehead atoms. The molecule has 5 aromatic carbocycles. The third-order valence-electron chi connectivity index (χ3n) is 9.34. The van der Waals surface area contributed by atoms with Gasteiger partial charge in [-0.25, -0.2) is 19.9 Å². The van der Waals surface area contributed by atoms with Crippen LogP contribution in [-0.2, 0) is 20.2 Å². The lowest BCUT2D eigenvalue weighted by Gasteiger charge is -2.11. The SMILES string of the molecule is O=S(=O)(O)CCCNc1ccc2c3c(cccc13)-c1nc3cc4nc5c(nc4cc3nc1-2)-c1cccc2c(NCCCS(=O)(=O)O)ccc-5c12. The zero-order valence-corrected chi connectivity index (χ0v) is 27.9. The first kappa shape index (κ1) is 30.8. The highest BCUT2D eigenvalue weighted by molar-refractivity contribution is 7.86. The van der Waals surface area contributed by atoms with E-state index in [9.17, 15) is 16.8 Å². The van der Waals surface area contributed by atoms with E-state index in [1.165, 1.54) is 0 Å². The van der Waals surface area contributed by atoms with Crippen LogP contribution in [0.4, 0.5) is 11.4 Å². The molecule has 7 aromatic rings. The molecule has 14 heteroatoms. The molecule has 0 fully saturated rings. The fraction of sp³-hybridized carbons (Fsp3) is 0.167. The summed E-state index contributed by atoms with van der Waals surface area (Å²) in [6, 6.07) is 23.8. The molecule has 0 radical (unpaired) electrons. The van der Waals surface area contributed by atoms with E-state index in [2.05, 4.69) is 10.6 Å². The molecule has 0 saturated heterocycles. The molecule has 2 heterocycles. The van der Waals surface area contributed by atoms with Crippen molar-refractivity contribution in [2.75, 3.05) is 35.2 Å². The Morgan fingerprint density at radius 2 is 0.860 bits per heavy atom. The van der Waals surface area contributed by atoms with Crippen molar-refractivity contribution in [3.8, 4) is 45.0 Å². The van der Waals surface area contributed by atoms with Crippen molar-refractivity contribution in [3.63, 3.8) is 0 Å². The summed E-state index contributed by atoms with van der Waals surface area (Å²) in [4.78, 5) is 20.4. The topological polar surface area (TPSA) is 184 Å². The monoisotopic (exact) mass is 704 g/mol. The Balaban J connectivity index is 1.09. The van der Waals surface area contributed by atoms with Gasteiger partial charge in [-0.05, 0) is 37.1 Å². The molecule has 2 aliphatic carbocycles. The third kappa shape index (κ3) is 5.10. The van der Waals surface area contributed by atoms with Gasteiger partial charge >= 0.3 is 0 Å². The predicted octanol–water partition coefficient (Wildman–Crippen LogP) is 6.55. The quantitative estimate of drug-likeness (QED) is 0.0685. The Kier molecular flexibility index (Phi) is 6.84. The molecule has 0 unspecified atom stereocenters. The summed E-state index contributed by atoms with van der Waals surface area (Å²) < 4.78 is 62.8. The smallest absolute Gasteiger partial charge is 0.264 e. The molecule has 2 aromatic heterocycles. The maximum Gasteiger partial charge on any atom is 0.264 e. The van der Waals surface area contributed by atoms with E-state index in [1.54, 1.807) is 0 Å². The van der Waals surface area contributed by atoms with Crippen molar-refractivity contribution < 1.29 is 25.9 Å². The van der Waals surface area contributed by atoms with Crippen molar-refractivity contribution in [1.82, 2.24) is 19.9 Å². The van der Waals surface area contributed by atoms with Gasteiger partial charge in [-0.1, -0.05) is 48.5 Å². The third-order valence-corrected chi connectivity index (χ3v) is 10.9. The molecular weight excluding hydrogens is 677 g/mol. The molecule has 4 N–H and O–H groups in total. The van der Waals surface area contributed by atoms with Gasteiger partial charge in [0.1, 0.15) is 0 Å². The van der Waals surface area contributed by atoms with E-state index in [4.69, 9.17) is 29.0 Å². The normalized spacial score (nSPS) is 13.0. The lowest BCUT2D eigenvalue weighted by Crippen LogP contribution is -2.10. The zero-order chi connectivity index (χ0) is 34.4. The molecule has 2 aliphatic rings. The standard InChI is InChI=1S/C36H28N6O6S2/c43-49(44,45)15-3-13-37-25-11-9-23-31-19(25)5-1-7-21(31)33-35(23)41-29-18-28-30(17-27(29)39-33)42-36-24-10-12-26(38-14-4-16-50(46,47)48)20-6-2-8-22(32(20)24)34(36)40-28/h1-2,5-12,17-18,37-38H,3-4,13-16H2,(H,43,44,45)(H,46,47,48). The van der Waals surface area contributed by atoms with Gasteiger partial charge in [0.15, 0.2) is 0 Å². The van der Waals surface area contributed by atoms with Gasteiger partial charge < -0.3 is 10.6 Å². The summed E-state index contributed by atoms with van der Waals surface area (Å²) in [5.41, 5.74) is 11.5. The van der Waals surface area contributed by atoms with Crippen LogP contribution in [0.15, 0.2) is 72.8 Å². The first-order chi connectivity index (χ1) is 24.0. The van der Waals surface area contributed by atoms with E-state index in [0.717, 1.165) is 77.9 Å². The molecule has 0 aliphatic heterocycles. The van der Waals surface area contributed by atoms with Crippen LogP contribution in [-0.4, -0.2) is 70.5 Å².